The van der Waals surface area contributed by atoms with E-state index in [1.54, 1.807) is 35.2 Å². The molecule has 4 atom stereocenters. The highest BCUT2D eigenvalue weighted by molar-refractivity contribution is 6.30. The van der Waals surface area contributed by atoms with E-state index in [0.29, 0.717) is 15.5 Å². The molecule has 0 saturated carbocycles. The van der Waals surface area contributed by atoms with Crippen LogP contribution in [0.5, 0.6) is 0 Å². The number of hydrogen-bond donors (Lipinski definition) is 0. The van der Waals surface area contributed by atoms with Gasteiger partial charge < -0.3 is 4.90 Å². The highest BCUT2D eigenvalue weighted by Gasteiger charge is 2.64. The van der Waals surface area contributed by atoms with Gasteiger partial charge in [-0.05, 0) is 42.5 Å². The Bertz CT molecular complexity index is 1650. The smallest absolute Gasteiger partial charge is 0.359 e. The van der Waals surface area contributed by atoms with Crippen molar-refractivity contribution in [2.24, 2.45) is 11.8 Å². The number of para-hydroxylation sites is 1. The highest BCUT2D eigenvalue weighted by Crippen LogP contribution is 2.49. The van der Waals surface area contributed by atoms with E-state index < -0.39 is 58.9 Å². The number of imide groups is 1. The molecular weight excluding hydrogens is 557 g/mol. The number of nitrogens with zero attached hydrogens (tertiary/aromatic N) is 2. The Morgan fingerprint density at radius 3 is 2.10 bits per heavy atom. The Kier molecular flexibility index (Phi) is 6.42. The van der Waals surface area contributed by atoms with Crippen molar-refractivity contribution in [2.75, 3.05) is 4.90 Å². The summed E-state index contributed by atoms with van der Waals surface area (Å²) in [6, 6.07) is 16.6. The minimum absolute atomic E-state index is 0.219. The van der Waals surface area contributed by atoms with Gasteiger partial charge in [0.1, 0.15) is 6.04 Å². The lowest BCUT2D eigenvalue weighted by Crippen LogP contribution is -2.46. The van der Waals surface area contributed by atoms with Crippen molar-refractivity contribution < 1.29 is 32.3 Å². The van der Waals surface area contributed by atoms with Crippen LogP contribution in [0.4, 0.5) is 18.9 Å². The van der Waals surface area contributed by atoms with Crippen LogP contribution in [0.2, 0.25) is 5.02 Å². The Balaban J connectivity index is 1.46. The van der Waals surface area contributed by atoms with Crippen LogP contribution in [0, 0.1) is 11.8 Å². The monoisotopic (exact) mass is 576 g/mol. The third-order valence-electron chi connectivity index (χ3n) is 7.69. The summed E-state index contributed by atoms with van der Waals surface area (Å²) in [5.41, 5.74) is -0.876. The molecule has 6 rings (SSSR count). The summed E-state index contributed by atoms with van der Waals surface area (Å²) in [7, 11) is 0. The first-order valence-corrected chi connectivity index (χ1v) is 13.1. The Morgan fingerprint density at radius 2 is 1.41 bits per heavy atom. The minimum atomic E-state index is -4.83. The summed E-state index contributed by atoms with van der Waals surface area (Å²) < 4.78 is 41.7. The molecule has 3 aromatic rings. The molecule has 10 heteroatoms. The second-order valence-electron chi connectivity index (χ2n) is 9.97. The summed E-state index contributed by atoms with van der Waals surface area (Å²) >= 11 is 5.98. The third-order valence-corrected chi connectivity index (χ3v) is 7.95. The van der Waals surface area contributed by atoms with Crippen molar-refractivity contribution in [3.63, 3.8) is 0 Å². The van der Waals surface area contributed by atoms with Gasteiger partial charge in [-0.2, -0.15) is 13.2 Å². The van der Waals surface area contributed by atoms with Gasteiger partial charge in [-0.25, -0.2) is 4.90 Å². The summed E-state index contributed by atoms with van der Waals surface area (Å²) in [6.45, 7) is 0. The molecule has 3 aliphatic rings. The molecule has 0 N–H and O–H groups in total. The Hall–Kier alpha value is -4.50. The molecule has 3 heterocycles. The molecule has 0 radical (unpaired) electrons. The first kappa shape index (κ1) is 26.7. The van der Waals surface area contributed by atoms with Gasteiger partial charge in [0, 0.05) is 27.9 Å². The van der Waals surface area contributed by atoms with Gasteiger partial charge in [-0.1, -0.05) is 60.1 Å². The molecule has 3 aromatic carbocycles. The fourth-order valence-corrected chi connectivity index (χ4v) is 6.01. The van der Waals surface area contributed by atoms with Crippen LogP contribution in [0.25, 0.3) is 0 Å². The molecule has 206 valence electrons. The number of halogens is 4. The fraction of sp³-hybridized carbons (Fsp3) is 0.161. The van der Waals surface area contributed by atoms with Crippen molar-refractivity contribution in [1.29, 1.82) is 0 Å². The molecule has 2 fully saturated rings. The first-order chi connectivity index (χ1) is 19.6. The van der Waals surface area contributed by atoms with E-state index >= 15 is 0 Å². The zero-order valence-corrected chi connectivity index (χ0v) is 21.8. The standard InChI is InChI=1S/C31H20ClF3N2O4/c32-20-12-10-18(11-13-20)28(39)26-25-24(23-16-19(14-15-36(23)26)27(38)17-6-2-1-3-7-17)29(40)37(30(25)41)22-9-5-4-8-21(22)31(33,34)35/h1-16,23-26H/t23-,24-,25-,26+/m0/s1. The SMILES string of the molecule is O=C(C1=C[C@H]2[C@@H]3C(=O)N(c4ccccc4C(F)(F)F)C(=O)[C@@H]3[C@H](C(=O)c3ccc(Cl)cc3)N2C=C1)c1ccccc1. The molecule has 0 bridgehead atoms. The lowest BCUT2D eigenvalue weighted by Gasteiger charge is -2.33. The molecule has 2 amide bonds. The lowest BCUT2D eigenvalue weighted by molar-refractivity contribution is -0.137. The second-order valence-corrected chi connectivity index (χ2v) is 10.4. The normalized spacial score (nSPS) is 23.4. The molecule has 0 aliphatic carbocycles. The highest BCUT2D eigenvalue weighted by atomic mass is 35.5. The first-order valence-electron chi connectivity index (χ1n) is 12.7. The number of benzene rings is 3. The topological polar surface area (TPSA) is 74.8 Å². The maximum Gasteiger partial charge on any atom is 0.418 e. The van der Waals surface area contributed by atoms with Crippen LogP contribution in [-0.4, -0.2) is 40.4 Å². The lowest BCUT2D eigenvalue weighted by atomic mass is 9.85. The average molecular weight is 577 g/mol. The van der Waals surface area contributed by atoms with Crippen molar-refractivity contribution in [3.05, 3.63) is 125 Å². The predicted octanol–water partition coefficient (Wildman–Crippen LogP) is 5.74. The molecule has 3 aliphatic heterocycles. The van der Waals surface area contributed by atoms with Crippen LogP contribution in [0.1, 0.15) is 26.3 Å². The van der Waals surface area contributed by atoms with E-state index in [1.807, 2.05) is 0 Å². The number of anilines is 1. The van der Waals surface area contributed by atoms with Gasteiger partial charge in [-0.3, -0.25) is 19.2 Å². The summed E-state index contributed by atoms with van der Waals surface area (Å²) in [5, 5.41) is 0.385. The van der Waals surface area contributed by atoms with Crippen LogP contribution in [-0.2, 0) is 15.8 Å². The van der Waals surface area contributed by atoms with Crippen molar-refractivity contribution >= 4 is 40.7 Å². The largest absolute Gasteiger partial charge is 0.418 e. The van der Waals surface area contributed by atoms with Gasteiger partial charge in [0.15, 0.2) is 11.6 Å². The Labute approximate surface area is 237 Å². The summed E-state index contributed by atoms with van der Waals surface area (Å²) in [5.74, 6) is -5.09. The molecule has 0 unspecified atom stereocenters. The van der Waals surface area contributed by atoms with Crippen LogP contribution < -0.4 is 4.90 Å². The van der Waals surface area contributed by atoms with Gasteiger partial charge in [0.25, 0.3) is 0 Å². The predicted molar refractivity (Wildman–Crippen MR) is 144 cm³/mol. The molecule has 41 heavy (non-hydrogen) atoms. The van der Waals surface area contributed by atoms with Crippen LogP contribution in [0.15, 0.2) is 103 Å². The quantitative estimate of drug-likeness (QED) is 0.286. The third kappa shape index (κ3) is 4.37. The maximum atomic E-state index is 13.9. The molecule has 6 nitrogen and oxygen atoms in total. The van der Waals surface area contributed by atoms with Crippen molar-refractivity contribution in [2.45, 2.75) is 18.3 Å². The zero-order chi connectivity index (χ0) is 29.1. The molecule has 0 aromatic heterocycles. The van der Waals surface area contributed by atoms with E-state index in [0.717, 1.165) is 12.1 Å². The van der Waals surface area contributed by atoms with E-state index in [-0.39, 0.29) is 16.9 Å². The second kappa shape index (κ2) is 9.85. The van der Waals surface area contributed by atoms with Gasteiger partial charge in [0.2, 0.25) is 11.8 Å². The van der Waals surface area contributed by atoms with Crippen molar-refractivity contribution in [1.82, 2.24) is 4.90 Å². The van der Waals surface area contributed by atoms with E-state index in [9.17, 15) is 32.3 Å². The number of rotatable bonds is 5. The number of amides is 2. The molecule has 2 saturated heterocycles. The number of alkyl halides is 3. The Morgan fingerprint density at radius 1 is 0.780 bits per heavy atom. The van der Waals surface area contributed by atoms with Crippen LogP contribution in [0.3, 0.4) is 0 Å². The number of carbonyl (C=O) groups is 4. The van der Waals surface area contributed by atoms with E-state index in [1.165, 1.54) is 54.8 Å². The van der Waals surface area contributed by atoms with E-state index in [4.69, 9.17) is 11.6 Å². The maximum absolute atomic E-state index is 13.9. The number of ketones is 2. The van der Waals surface area contributed by atoms with Crippen molar-refractivity contribution in [3.8, 4) is 0 Å². The zero-order valence-electron chi connectivity index (χ0n) is 21.1. The summed E-state index contributed by atoms with van der Waals surface area (Å²) in [4.78, 5) is 56.9. The van der Waals surface area contributed by atoms with Crippen LogP contribution >= 0.6 is 11.6 Å². The number of carbonyl (C=O) groups excluding carboxylic acids is 4. The summed E-state index contributed by atoms with van der Waals surface area (Å²) in [6.07, 6.45) is -0.290. The number of fused-ring (bicyclic) bond motifs is 3. The number of hydrogen-bond acceptors (Lipinski definition) is 5. The fourth-order valence-electron chi connectivity index (χ4n) is 5.88. The minimum Gasteiger partial charge on any atom is -0.359 e. The average Bonchev–Trinajstić information content (AvgIpc) is 3.44. The van der Waals surface area contributed by atoms with Gasteiger partial charge >= 0.3 is 6.18 Å². The number of Topliss-reactive ketones (excluding diaryl/α,β-unsaturated/α-hetero) is 2. The number of allylic oxidation sites excluding steroid dienone is 2. The van der Waals surface area contributed by atoms with Gasteiger partial charge in [-0.15, -0.1) is 0 Å². The molecular formula is C31H20ClF3N2O4. The van der Waals surface area contributed by atoms with Gasteiger partial charge in [0.05, 0.1) is 29.1 Å². The van der Waals surface area contributed by atoms with E-state index in [2.05, 4.69) is 0 Å². The molecule has 0 spiro atoms.